The van der Waals surface area contributed by atoms with Crippen LogP contribution in [-0.2, 0) is 0 Å². The topological polar surface area (TPSA) is 0 Å². The molecule has 0 N–H and O–H groups in total. The smallest absolute Gasteiger partial charge is 0.00762 e. The largest absolute Gasteiger partial charge is 0.0788 e. The van der Waals surface area contributed by atoms with Crippen molar-refractivity contribution < 1.29 is 0 Å². The van der Waals surface area contributed by atoms with Gasteiger partial charge < -0.3 is 0 Å². The van der Waals surface area contributed by atoms with Gasteiger partial charge in [-0.05, 0) is 85.9 Å². The van der Waals surface area contributed by atoms with Crippen LogP contribution in [0.2, 0.25) is 0 Å². The molecule has 0 aliphatic heterocycles. The number of rotatable bonds is 0. The van der Waals surface area contributed by atoms with Gasteiger partial charge in [0.2, 0.25) is 0 Å². The van der Waals surface area contributed by atoms with Gasteiger partial charge in [0.1, 0.15) is 0 Å². The van der Waals surface area contributed by atoms with Gasteiger partial charge in [0.25, 0.3) is 0 Å². The molecule has 5 unspecified atom stereocenters. The highest BCUT2D eigenvalue weighted by Crippen LogP contribution is 2.70. The number of hydrogen-bond acceptors (Lipinski definition) is 0. The first kappa shape index (κ1) is 13.4. The number of fused-ring (bicyclic) bond motifs is 3. The van der Waals surface area contributed by atoms with Crippen LogP contribution in [0.4, 0.5) is 0 Å². The molecule has 4 aliphatic carbocycles. The summed E-state index contributed by atoms with van der Waals surface area (Å²) in [5, 5.41) is 0. The molecule has 0 amide bonds. The van der Waals surface area contributed by atoms with E-state index in [-0.39, 0.29) is 0 Å². The Morgan fingerprint density at radius 1 is 0.950 bits per heavy atom. The third kappa shape index (κ3) is 1.54. The van der Waals surface area contributed by atoms with Gasteiger partial charge in [0.05, 0.1) is 0 Å². The van der Waals surface area contributed by atoms with Gasteiger partial charge in [0.15, 0.2) is 0 Å². The SMILES string of the molecule is CC1=CC23CCC4C(C)(C)CCCC4(C)C2CCC1C3. The van der Waals surface area contributed by atoms with Crippen LogP contribution in [-0.4, -0.2) is 0 Å². The first-order chi connectivity index (χ1) is 9.37. The summed E-state index contributed by atoms with van der Waals surface area (Å²) in [6.45, 7) is 10.2. The molecule has 0 radical (unpaired) electrons. The third-order valence-electron chi connectivity index (χ3n) is 8.25. The minimum atomic E-state index is 0.586. The maximum absolute atomic E-state index is 2.76. The second-order valence-corrected chi connectivity index (χ2v) is 9.59. The van der Waals surface area contributed by atoms with E-state index >= 15 is 0 Å². The molecule has 0 heteroatoms. The van der Waals surface area contributed by atoms with Gasteiger partial charge in [-0.2, -0.15) is 0 Å². The van der Waals surface area contributed by atoms with Crippen LogP contribution in [0, 0.1) is 34.0 Å². The molecule has 3 fully saturated rings. The molecule has 4 aliphatic rings. The van der Waals surface area contributed by atoms with Crippen LogP contribution < -0.4 is 0 Å². The maximum atomic E-state index is 2.76. The zero-order valence-corrected chi connectivity index (χ0v) is 14.0. The molecule has 3 saturated carbocycles. The van der Waals surface area contributed by atoms with Crippen molar-refractivity contribution in [1.29, 1.82) is 0 Å². The van der Waals surface area contributed by atoms with Crippen LogP contribution >= 0.6 is 0 Å². The molecule has 0 nitrogen and oxygen atoms in total. The van der Waals surface area contributed by atoms with E-state index in [1.807, 2.05) is 0 Å². The van der Waals surface area contributed by atoms with Gasteiger partial charge >= 0.3 is 0 Å². The van der Waals surface area contributed by atoms with E-state index in [1.54, 1.807) is 5.57 Å². The molecular formula is C20H32. The van der Waals surface area contributed by atoms with Crippen LogP contribution in [0.5, 0.6) is 0 Å². The van der Waals surface area contributed by atoms with E-state index in [9.17, 15) is 0 Å². The minimum absolute atomic E-state index is 0.586. The standard InChI is InChI=1S/C20H32/c1-14-12-20-11-8-16-18(2,3)9-5-10-19(16,4)17(20)7-6-15(14)13-20/h12,15-17H,5-11,13H2,1-4H3. The lowest BCUT2D eigenvalue weighted by atomic mass is 9.41. The van der Waals surface area contributed by atoms with E-state index in [2.05, 4.69) is 33.8 Å². The van der Waals surface area contributed by atoms with Crippen molar-refractivity contribution in [2.24, 2.45) is 34.0 Å². The Kier molecular flexibility index (Phi) is 2.63. The quantitative estimate of drug-likeness (QED) is 0.476. The molecule has 0 aromatic heterocycles. The van der Waals surface area contributed by atoms with E-state index < -0.39 is 0 Å². The molecule has 20 heavy (non-hydrogen) atoms. The van der Waals surface area contributed by atoms with E-state index in [0.717, 1.165) is 17.8 Å². The lowest BCUT2D eigenvalue weighted by Gasteiger charge is -2.63. The summed E-state index contributed by atoms with van der Waals surface area (Å²) in [5.41, 5.74) is 3.57. The lowest BCUT2D eigenvalue weighted by molar-refractivity contribution is -0.133. The first-order valence-corrected chi connectivity index (χ1v) is 9.07. The summed E-state index contributed by atoms with van der Waals surface area (Å²) in [4.78, 5) is 0. The summed E-state index contributed by atoms with van der Waals surface area (Å²) in [6.07, 6.45) is 14.7. The molecule has 2 bridgehead atoms. The Balaban J connectivity index is 1.76. The van der Waals surface area contributed by atoms with Gasteiger partial charge in [-0.3, -0.25) is 0 Å². The van der Waals surface area contributed by atoms with Crippen LogP contribution in [0.1, 0.15) is 79.1 Å². The fraction of sp³-hybridized carbons (Fsp3) is 0.900. The second kappa shape index (κ2) is 3.93. The normalized spacial score (nSPS) is 53.0. The Hall–Kier alpha value is -0.260. The number of hydrogen-bond donors (Lipinski definition) is 0. The predicted octanol–water partition coefficient (Wildman–Crippen LogP) is 5.98. The molecule has 0 saturated heterocycles. The summed E-state index contributed by atoms with van der Waals surface area (Å²) < 4.78 is 0. The average Bonchev–Trinajstić information content (AvgIpc) is 2.58. The molecule has 0 heterocycles. The van der Waals surface area contributed by atoms with Crippen LogP contribution in [0.15, 0.2) is 11.6 Å². The molecule has 1 spiro atoms. The van der Waals surface area contributed by atoms with Crippen molar-refractivity contribution in [2.45, 2.75) is 79.1 Å². The molecular weight excluding hydrogens is 240 g/mol. The summed E-state index contributed by atoms with van der Waals surface area (Å²) in [6, 6.07) is 0. The number of allylic oxidation sites excluding steroid dienone is 2. The van der Waals surface area contributed by atoms with E-state index in [4.69, 9.17) is 0 Å². The maximum Gasteiger partial charge on any atom is -0.00762 e. The minimum Gasteiger partial charge on any atom is -0.0788 e. The Labute approximate surface area is 125 Å². The average molecular weight is 272 g/mol. The Bertz CT molecular complexity index is 457. The molecule has 112 valence electrons. The first-order valence-electron chi connectivity index (χ1n) is 9.07. The van der Waals surface area contributed by atoms with E-state index in [0.29, 0.717) is 16.2 Å². The lowest BCUT2D eigenvalue weighted by Crippen LogP contribution is -2.55. The van der Waals surface area contributed by atoms with Crippen molar-refractivity contribution in [2.75, 3.05) is 0 Å². The summed E-state index contributed by atoms with van der Waals surface area (Å²) in [5.74, 6) is 2.91. The van der Waals surface area contributed by atoms with Crippen LogP contribution in [0.3, 0.4) is 0 Å². The summed E-state index contributed by atoms with van der Waals surface area (Å²) >= 11 is 0. The highest BCUT2D eigenvalue weighted by Gasteiger charge is 2.61. The third-order valence-corrected chi connectivity index (χ3v) is 8.25. The monoisotopic (exact) mass is 272 g/mol. The zero-order chi connectivity index (χ0) is 14.2. The fourth-order valence-corrected chi connectivity index (χ4v) is 7.53. The molecule has 4 rings (SSSR count). The molecule has 5 atom stereocenters. The van der Waals surface area contributed by atoms with Crippen LogP contribution in [0.25, 0.3) is 0 Å². The highest BCUT2D eigenvalue weighted by molar-refractivity contribution is 5.26. The Morgan fingerprint density at radius 3 is 2.55 bits per heavy atom. The molecule has 0 aromatic rings. The Morgan fingerprint density at radius 2 is 1.75 bits per heavy atom. The molecule has 0 aromatic carbocycles. The van der Waals surface area contributed by atoms with Crippen molar-refractivity contribution in [3.05, 3.63) is 11.6 Å². The van der Waals surface area contributed by atoms with Crippen molar-refractivity contribution in [3.8, 4) is 0 Å². The van der Waals surface area contributed by atoms with Crippen molar-refractivity contribution >= 4 is 0 Å². The second-order valence-electron chi connectivity index (χ2n) is 9.59. The highest BCUT2D eigenvalue weighted by atomic mass is 14.7. The summed E-state index contributed by atoms with van der Waals surface area (Å²) in [7, 11) is 0. The van der Waals surface area contributed by atoms with Crippen molar-refractivity contribution in [3.63, 3.8) is 0 Å². The predicted molar refractivity (Wildman–Crippen MR) is 85.5 cm³/mol. The zero-order valence-electron chi connectivity index (χ0n) is 14.0. The van der Waals surface area contributed by atoms with Gasteiger partial charge in [-0.1, -0.05) is 38.8 Å². The van der Waals surface area contributed by atoms with Crippen molar-refractivity contribution in [1.82, 2.24) is 0 Å². The van der Waals surface area contributed by atoms with Gasteiger partial charge in [-0.15, -0.1) is 0 Å². The van der Waals surface area contributed by atoms with Gasteiger partial charge in [0, 0.05) is 0 Å². The van der Waals surface area contributed by atoms with E-state index in [1.165, 1.54) is 51.4 Å². The fourth-order valence-electron chi connectivity index (χ4n) is 7.53. The van der Waals surface area contributed by atoms with Gasteiger partial charge in [-0.25, -0.2) is 0 Å².